The van der Waals surface area contributed by atoms with Gasteiger partial charge < -0.3 is 5.32 Å². The molecule has 1 aliphatic heterocycles. The summed E-state index contributed by atoms with van der Waals surface area (Å²) < 4.78 is 52.7. The molecular weight excluding hydrogens is 308 g/mol. The topological polar surface area (TPSA) is 15.3 Å². The van der Waals surface area contributed by atoms with E-state index in [4.69, 9.17) is 0 Å². The first-order valence-corrected chi connectivity index (χ1v) is 8.10. The molecule has 23 heavy (non-hydrogen) atoms. The van der Waals surface area contributed by atoms with E-state index in [1.54, 1.807) is 0 Å². The first-order valence-electron chi connectivity index (χ1n) is 8.10. The zero-order valence-electron chi connectivity index (χ0n) is 13.6. The highest BCUT2D eigenvalue weighted by atomic mass is 19.4. The van der Waals surface area contributed by atoms with E-state index in [9.17, 15) is 17.6 Å². The summed E-state index contributed by atoms with van der Waals surface area (Å²) in [6.07, 6.45) is -2.90. The fraction of sp³-hybridized carbons (Fsp3) is 0.647. The van der Waals surface area contributed by atoms with Gasteiger partial charge in [0.1, 0.15) is 5.82 Å². The number of benzene rings is 1. The summed E-state index contributed by atoms with van der Waals surface area (Å²) >= 11 is 0. The molecule has 0 bridgehead atoms. The minimum Gasteiger partial charge on any atom is -0.314 e. The maximum Gasteiger partial charge on any atom is 0.416 e. The number of alkyl halides is 3. The lowest BCUT2D eigenvalue weighted by Gasteiger charge is -2.36. The Morgan fingerprint density at radius 1 is 1.09 bits per heavy atom. The summed E-state index contributed by atoms with van der Waals surface area (Å²) in [5, 5.41) is 3.24. The van der Waals surface area contributed by atoms with Gasteiger partial charge in [0.15, 0.2) is 0 Å². The van der Waals surface area contributed by atoms with Crippen LogP contribution in [0.5, 0.6) is 0 Å². The maximum absolute atomic E-state index is 13.8. The van der Waals surface area contributed by atoms with Gasteiger partial charge in [-0.3, -0.25) is 4.90 Å². The third-order valence-electron chi connectivity index (χ3n) is 4.24. The molecule has 6 heteroatoms. The second-order valence-electron chi connectivity index (χ2n) is 6.54. The molecule has 2 rings (SSSR count). The van der Waals surface area contributed by atoms with Crippen molar-refractivity contribution in [1.29, 1.82) is 0 Å². The summed E-state index contributed by atoms with van der Waals surface area (Å²) in [5.41, 5.74) is -0.475. The lowest BCUT2D eigenvalue weighted by atomic mass is 9.94. The van der Waals surface area contributed by atoms with E-state index in [2.05, 4.69) is 24.1 Å². The van der Waals surface area contributed by atoms with Crippen LogP contribution >= 0.6 is 0 Å². The van der Waals surface area contributed by atoms with Crippen molar-refractivity contribution >= 4 is 0 Å². The van der Waals surface area contributed by atoms with Gasteiger partial charge in [-0.25, -0.2) is 4.39 Å². The molecule has 1 aromatic rings. The van der Waals surface area contributed by atoms with Crippen molar-refractivity contribution in [3.05, 3.63) is 35.1 Å². The van der Waals surface area contributed by atoms with Gasteiger partial charge in [0.25, 0.3) is 0 Å². The summed E-state index contributed by atoms with van der Waals surface area (Å²) in [6.45, 7) is 7.31. The molecule has 0 amide bonds. The SMILES string of the molecule is CC(C)CC[C@@H](c1cc(F)cc(C(F)(F)F)c1)N1CCNCC1. The Morgan fingerprint density at radius 2 is 1.74 bits per heavy atom. The molecule has 0 saturated carbocycles. The number of halogens is 4. The van der Waals surface area contributed by atoms with Crippen LogP contribution in [0.15, 0.2) is 18.2 Å². The Balaban J connectivity index is 2.31. The van der Waals surface area contributed by atoms with Crippen molar-refractivity contribution in [2.75, 3.05) is 26.2 Å². The van der Waals surface area contributed by atoms with Crippen LogP contribution in [0.3, 0.4) is 0 Å². The van der Waals surface area contributed by atoms with Crippen LogP contribution in [-0.2, 0) is 6.18 Å². The summed E-state index contributed by atoms with van der Waals surface area (Å²) in [4.78, 5) is 2.16. The molecule has 1 aliphatic rings. The first kappa shape index (κ1) is 18.2. The van der Waals surface area contributed by atoms with Crippen LogP contribution in [0.1, 0.15) is 43.9 Å². The predicted molar refractivity (Wildman–Crippen MR) is 82.7 cm³/mol. The van der Waals surface area contributed by atoms with E-state index in [-0.39, 0.29) is 6.04 Å². The Hall–Kier alpha value is -1.14. The second kappa shape index (κ2) is 7.62. The van der Waals surface area contributed by atoms with Crippen molar-refractivity contribution in [2.45, 2.75) is 38.9 Å². The van der Waals surface area contributed by atoms with Gasteiger partial charge in [0.05, 0.1) is 5.56 Å². The van der Waals surface area contributed by atoms with Crippen molar-refractivity contribution in [3.8, 4) is 0 Å². The average molecular weight is 332 g/mol. The molecule has 1 fully saturated rings. The van der Waals surface area contributed by atoms with Gasteiger partial charge in [-0.15, -0.1) is 0 Å². The highest BCUT2D eigenvalue weighted by Gasteiger charge is 2.33. The number of nitrogens with one attached hydrogen (secondary N) is 1. The molecule has 1 heterocycles. The van der Waals surface area contributed by atoms with Crippen molar-refractivity contribution in [2.24, 2.45) is 5.92 Å². The summed E-state index contributed by atoms with van der Waals surface area (Å²) in [6, 6.07) is 2.76. The molecular formula is C17H24F4N2. The molecule has 130 valence electrons. The van der Waals surface area contributed by atoms with Crippen molar-refractivity contribution < 1.29 is 17.6 Å². The molecule has 0 radical (unpaired) electrons. The molecule has 1 atom stereocenters. The van der Waals surface area contributed by atoms with Gasteiger partial charge >= 0.3 is 6.18 Å². The molecule has 0 unspecified atom stereocenters. The zero-order valence-corrected chi connectivity index (χ0v) is 13.6. The van der Waals surface area contributed by atoms with Crippen LogP contribution in [-0.4, -0.2) is 31.1 Å². The minimum absolute atomic E-state index is 0.170. The lowest BCUT2D eigenvalue weighted by Crippen LogP contribution is -2.45. The fourth-order valence-electron chi connectivity index (χ4n) is 3.01. The van der Waals surface area contributed by atoms with Crippen molar-refractivity contribution in [1.82, 2.24) is 10.2 Å². The third kappa shape index (κ3) is 5.18. The number of hydrogen-bond acceptors (Lipinski definition) is 2. The van der Waals surface area contributed by atoms with E-state index in [0.717, 1.165) is 45.1 Å². The number of hydrogen-bond donors (Lipinski definition) is 1. The molecule has 1 saturated heterocycles. The third-order valence-corrected chi connectivity index (χ3v) is 4.24. The Labute approximate surface area is 134 Å². The lowest BCUT2D eigenvalue weighted by molar-refractivity contribution is -0.137. The quantitative estimate of drug-likeness (QED) is 0.812. The van der Waals surface area contributed by atoms with Crippen LogP contribution in [0, 0.1) is 11.7 Å². The largest absolute Gasteiger partial charge is 0.416 e. The Kier molecular flexibility index (Phi) is 6.03. The zero-order chi connectivity index (χ0) is 17.0. The number of piperazine rings is 1. The highest BCUT2D eigenvalue weighted by Crippen LogP contribution is 2.34. The first-order chi connectivity index (χ1) is 10.8. The number of rotatable bonds is 5. The van der Waals surface area contributed by atoms with Gasteiger partial charge in [0, 0.05) is 32.2 Å². The van der Waals surface area contributed by atoms with Crippen molar-refractivity contribution in [3.63, 3.8) is 0 Å². The Morgan fingerprint density at radius 3 is 2.30 bits per heavy atom. The smallest absolute Gasteiger partial charge is 0.314 e. The van der Waals surface area contributed by atoms with E-state index < -0.39 is 17.6 Å². The van der Waals surface area contributed by atoms with Crippen LogP contribution in [0.4, 0.5) is 17.6 Å². The van der Waals surface area contributed by atoms with E-state index >= 15 is 0 Å². The molecule has 0 spiro atoms. The van der Waals surface area contributed by atoms with Gasteiger partial charge in [-0.1, -0.05) is 13.8 Å². The molecule has 0 aliphatic carbocycles. The minimum atomic E-state index is -4.52. The van der Waals surface area contributed by atoms with Gasteiger partial charge in [0.2, 0.25) is 0 Å². The van der Waals surface area contributed by atoms with Crippen LogP contribution < -0.4 is 5.32 Å². The summed E-state index contributed by atoms with van der Waals surface area (Å²) in [7, 11) is 0. The van der Waals surface area contributed by atoms with E-state index in [0.29, 0.717) is 17.5 Å². The van der Waals surface area contributed by atoms with Crippen LogP contribution in [0.25, 0.3) is 0 Å². The fourth-order valence-corrected chi connectivity index (χ4v) is 3.01. The highest BCUT2D eigenvalue weighted by molar-refractivity contribution is 5.29. The van der Waals surface area contributed by atoms with E-state index in [1.165, 1.54) is 6.07 Å². The molecule has 0 aromatic heterocycles. The normalized spacial score (nSPS) is 18.4. The van der Waals surface area contributed by atoms with Gasteiger partial charge in [-0.2, -0.15) is 13.2 Å². The Bertz CT molecular complexity index is 508. The predicted octanol–water partition coefficient (Wildman–Crippen LogP) is 4.23. The molecule has 1 aromatic carbocycles. The average Bonchev–Trinajstić information content (AvgIpc) is 2.47. The number of nitrogens with zero attached hydrogens (tertiary/aromatic N) is 1. The second-order valence-corrected chi connectivity index (χ2v) is 6.54. The van der Waals surface area contributed by atoms with Gasteiger partial charge in [-0.05, 0) is 42.5 Å². The maximum atomic E-state index is 13.8. The molecule has 1 N–H and O–H groups in total. The van der Waals surface area contributed by atoms with Crippen LogP contribution in [0.2, 0.25) is 0 Å². The monoisotopic (exact) mass is 332 g/mol. The summed E-state index contributed by atoms with van der Waals surface area (Å²) in [5.74, 6) is -0.365. The molecule has 2 nitrogen and oxygen atoms in total. The van der Waals surface area contributed by atoms with E-state index in [1.807, 2.05) is 0 Å². The standard InChI is InChI=1S/C17H24F4N2/c1-12(2)3-4-16(23-7-5-22-6-8-23)13-9-14(17(19,20)21)11-15(18)10-13/h9-12,16,22H,3-8H2,1-2H3/t16-/m0/s1.